The summed E-state index contributed by atoms with van der Waals surface area (Å²) < 4.78 is 0. The number of anilines is 1. The Kier molecular flexibility index (Phi) is 6.24. The van der Waals surface area contributed by atoms with Gasteiger partial charge in [-0.05, 0) is 48.9 Å². The van der Waals surface area contributed by atoms with Gasteiger partial charge >= 0.3 is 6.03 Å². The number of carbonyl (C=O) groups is 2. The van der Waals surface area contributed by atoms with E-state index in [4.69, 9.17) is 11.6 Å². The predicted octanol–water partition coefficient (Wildman–Crippen LogP) is 2.23. The molecule has 0 saturated carbocycles. The van der Waals surface area contributed by atoms with Crippen LogP contribution < -0.4 is 21.3 Å². The van der Waals surface area contributed by atoms with Gasteiger partial charge in [0.05, 0.1) is 11.4 Å². The molecule has 5 atom stereocenters. The number of benzene rings is 1. The maximum atomic E-state index is 13.2. The van der Waals surface area contributed by atoms with Crippen molar-refractivity contribution in [1.82, 2.24) is 20.9 Å². The van der Waals surface area contributed by atoms with E-state index in [0.717, 1.165) is 42.8 Å². The molecule has 3 heterocycles. The Balaban J connectivity index is 1.49. The van der Waals surface area contributed by atoms with Crippen molar-refractivity contribution in [3.05, 3.63) is 29.3 Å². The number of rotatable bonds is 3. The number of alkyl halides is 1. The number of hydrogen-bond donors (Lipinski definition) is 4. The molecular formula is C20H28ClN5O2S. The molecule has 5 unspecified atom stereocenters. The largest absolute Gasteiger partial charge is 0.342 e. The van der Waals surface area contributed by atoms with Gasteiger partial charge in [-0.3, -0.25) is 10.1 Å². The molecule has 0 aromatic heterocycles. The molecule has 3 aliphatic heterocycles. The van der Waals surface area contributed by atoms with Gasteiger partial charge in [0.1, 0.15) is 5.50 Å². The van der Waals surface area contributed by atoms with Crippen molar-refractivity contribution < 1.29 is 9.59 Å². The third-order valence-corrected chi connectivity index (χ3v) is 7.56. The molecule has 0 radical (unpaired) electrons. The third kappa shape index (κ3) is 4.50. The number of aryl methyl sites for hydroxylation is 1. The number of likely N-dealkylation sites (N-methyl/N-ethyl adjacent to an activating group) is 1. The van der Waals surface area contributed by atoms with Crippen LogP contribution in [0.2, 0.25) is 0 Å². The molecule has 4 rings (SSSR count). The van der Waals surface area contributed by atoms with Gasteiger partial charge < -0.3 is 20.9 Å². The Morgan fingerprint density at radius 1 is 1.31 bits per heavy atom. The number of nitrogens with one attached hydrogen (secondary N) is 4. The highest BCUT2D eigenvalue weighted by Gasteiger charge is 2.43. The van der Waals surface area contributed by atoms with E-state index in [1.54, 1.807) is 11.8 Å². The Morgan fingerprint density at radius 2 is 2.14 bits per heavy atom. The number of piperidine rings is 2. The normalized spacial score (nSPS) is 32.0. The lowest BCUT2D eigenvalue weighted by molar-refractivity contribution is -0.140. The molecule has 1 aromatic carbocycles. The predicted molar refractivity (Wildman–Crippen MR) is 117 cm³/mol. The number of nitrogens with zero attached hydrogens (tertiary/aromatic N) is 1. The molecule has 3 amide bonds. The van der Waals surface area contributed by atoms with E-state index in [1.165, 1.54) is 0 Å². The number of fused-ring (bicyclic) bond motifs is 1. The molecule has 1 aromatic rings. The second-order valence-corrected chi connectivity index (χ2v) is 9.79. The van der Waals surface area contributed by atoms with Gasteiger partial charge in [-0.2, -0.15) is 0 Å². The van der Waals surface area contributed by atoms with Gasteiger partial charge in [-0.25, -0.2) is 4.79 Å². The molecule has 4 N–H and O–H groups in total. The average molecular weight is 438 g/mol. The quantitative estimate of drug-likeness (QED) is 0.430. The minimum Gasteiger partial charge on any atom is -0.342 e. The van der Waals surface area contributed by atoms with Crippen LogP contribution >= 0.6 is 23.4 Å². The summed E-state index contributed by atoms with van der Waals surface area (Å²) in [7, 11) is 1.89. The number of thioether (sulfide) groups is 1. The zero-order valence-corrected chi connectivity index (χ0v) is 18.3. The van der Waals surface area contributed by atoms with E-state index in [1.807, 2.05) is 37.1 Å². The summed E-state index contributed by atoms with van der Waals surface area (Å²) in [6, 6.07) is 5.74. The van der Waals surface area contributed by atoms with Crippen molar-refractivity contribution in [2.45, 2.75) is 42.7 Å². The van der Waals surface area contributed by atoms with Crippen LogP contribution in [0.5, 0.6) is 0 Å². The van der Waals surface area contributed by atoms with Crippen LogP contribution in [0.25, 0.3) is 0 Å². The van der Waals surface area contributed by atoms with E-state index < -0.39 is 0 Å². The number of amides is 3. The van der Waals surface area contributed by atoms with Gasteiger partial charge in [0.25, 0.3) is 0 Å². The monoisotopic (exact) mass is 437 g/mol. The van der Waals surface area contributed by atoms with Crippen LogP contribution in [0.15, 0.2) is 18.2 Å². The first-order chi connectivity index (χ1) is 13.9. The van der Waals surface area contributed by atoms with Crippen molar-refractivity contribution in [3.8, 4) is 0 Å². The zero-order chi connectivity index (χ0) is 20.5. The second-order valence-electron chi connectivity index (χ2n) is 8.05. The lowest BCUT2D eigenvalue weighted by atomic mass is 9.76. The summed E-state index contributed by atoms with van der Waals surface area (Å²) >= 11 is 7.93. The van der Waals surface area contributed by atoms with Crippen molar-refractivity contribution in [1.29, 1.82) is 0 Å². The molecule has 7 nitrogen and oxygen atoms in total. The summed E-state index contributed by atoms with van der Waals surface area (Å²) in [6.07, 6.45) is 1.57. The number of carbonyl (C=O) groups excluding carboxylic acids is 2. The molecule has 29 heavy (non-hydrogen) atoms. The first-order valence-corrected chi connectivity index (χ1v) is 11.6. The van der Waals surface area contributed by atoms with Crippen LogP contribution in [-0.2, 0) is 4.79 Å². The van der Waals surface area contributed by atoms with Crippen LogP contribution in [0, 0.1) is 12.8 Å². The van der Waals surface area contributed by atoms with Gasteiger partial charge in [-0.15, -0.1) is 23.4 Å². The minimum absolute atomic E-state index is 0.0602. The molecule has 3 aliphatic rings. The highest BCUT2D eigenvalue weighted by Crippen LogP contribution is 2.39. The zero-order valence-electron chi connectivity index (χ0n) is 16.7. The summed E-state index contributed by atoms with van der Waals surface area (Å²) in [6.45, 7) is 3.73. The molecule has 9 heteroatoms. The fraction of sp³-hybridized carbons (Fsp3) is 0.600. The first-order valence-electron chi connectivity index (χ1n) is 10.1. The number of urea groups is 1. The molecular weight excluding hydrogens is 410 g/mol. The van der Waals surface area contributed by atoms with Crippen molar-refractivity contribution in [3.63, 3.8) is 0 Å². The fourth-order valence-electron chi connectivity index (χ4n) is 4.59. The van der Waals surface area contributed by atoms with Gasteiger partial charge in [0.2, 0.25) is 5.91 Å². The Bertz CT molecular complexity index is 788. The van der Waals surface area contributed by atoms with Gasteiger partial charge in [-0.1, -0.05) is 6.07 Å². The lowest BCUT2D eigenvalue weighted by Crippen LogP contribution is -2.57. The first kappa shape index (κ1) is 20.8. The molecule has 0 aliphatic carbocycles. The number of likely N-dealkylation sites (tertiary alicyclic amines) is 1. The third-order valence-electron chi connectivity index (χ3n) is 6.17. The maximum Gasteiger partial charge on any atom is 0.321 e. The Labute approximate surface area is 180 Å². The summed E-state index contributed by atoms with van der Waals surface area (Å²) in [5, 5.41) is 12.4. The molecule has 0 spiro atoms. The van der Waals surface area contributed by atoms with E-state index in [9.17, 15) is 9.59 Å². The average Bonchev–Trinajstić information content (AvgIpc) is 3.19. The SMILES string of the molecule is Cc1ccc(NC(=O)NC2NCCS2)cc1C1CC2CNC(Cl)CC2N(C)C1=O. The highest BCUT2D eigenvalue weighted by molar-refractivity contribution is 8.00. The Morgan fingerprint density at radius 3 is 2.90 bits per heavy atom. The van der Waals surface area contributed by atoms with E-state index in [2.05, 4.69) is 21.3 Å². The van der Waals surface area contributed by atoms with Crippen LogP contribution in [-0.4, -0.2) is 59.8 Å². The molecule has 0 bridgehead atoms. The van der Waals surface area contributed by atoms with E-state index in [0.29, 0.717) is 11.6 Å². The molecule has 158 valence electrons. The highest BCUT2D eigenvalue weighted by atomic mass is 35.5. The van der Waals surface area contributed by atoms with Crippen molar-refractivity contribution in [2.75, 3.05) is 31.2 Å². The van der Waals surface area contributed by atoms with Crippen molar-refractivity contribution >= 4 is 41.0 Å². The lowest BCUT2D eigenvalue weighted by Gasteiger charge is -2.46. The minimum atomic E-state index is -0.247. The summed E-state index contributed by atoms with van der Waals surface area (Å²) in [5.74, 6) is 1.29. The Hall–Kier alpha value is -1.48. The second kappa shape index (κ2) is 8.71. The van der Waals surface area contributed by atoms with Crippen molar-refractivity contribution in [2.24, 2.45) is 5.92 Å². The molecule has 3 saturated heterocycles. The maximum absolute atomic E-state index is 13.2. The number of hydrogen-bond acceptors (Lipinski definition) is 5. The summed E-state index contributed by atoms with van der Waals surface area (Å²) in [4.78, 5) is 27.3. The summed E-state index contributed by atoms with van der Waals surface area (Å²) in [5.41, 5.74) is 2.61. The van der Waals surface area contributed by atoms with E-state index >= 15 is 0 Å². The molecule has 3 fully saturated rings. The van der Waals surface area contributed by atoms with Gasteiger partial charge in [0.15, 0.2) is 0 Å². The topological polar surface area (TPSA) is 85.5 Å². The van der Waals surface area contributed by atoms with Crippen LogP contribution in [0.1, 0.15) is 29.9 Å². The smallest absolute Gasteiger partial charge is 0.321 e. The van der Waals surface area contributed by atoms with Crippen LogP contribution in [0.3, 0.4) is 0 Å². The fourth-order valence-corrected chi connectivity index (χ4v) is 5.76. The van der Waals surface area contributed by atoms with E-state index in [-0.39, 0.29) is 34.9 Å². The van der Waals surface area contributed by atoms with Crippen LogP contribution in [0.4, 0.5) is 10.5 Å². The standard InChI is InChI=1S/C20H28ClN5O2S/c1-11-3-4-13(24-19(28)25-20-22-5-6-29-20)8-14(11)15-7-12-10-23-17(21)9-16(12)26(2)18(15)27/h3-4,8,12,15-17,20,22-23H,5-7,9-10H2,1-2H3,(H2,24,25,28). The number of halogens is 1. The van der Waals surface area contributed by atoms with Gasteiger partial charge in [0, 0.05) is 37.6 Å².